The first kappa shape index (κ1) is 23.5. The molecule has 168 valence electrons. The third-order valence-corrected chi connectivity index (χ3v) is 5.20. The van der Waals surface area contributed by atoms with Gasteiger partial charge in [-0.05, 0) is 49.2 Å². The number of nitrogens with one attached hydrogen (secondary N) is 1. The van der Waals surface area contributed by atoms with E-state index in [2.05, 4.69) is 26.1 Å². The number of fused-ring (bicyclic) bond motifs is 1. The number of hydrogen-bond acceptors (Lipinski definition) is 6. The minimum absolute atomic E-state index is 0.671. The van der Waals surface area contributed by atoms with Gasteiger partial charge in [-0.3, -0.25) is 4.90 Å². The van der Waals surface area contributed by atoms with Crippen LogP contribution in [-0.2, 0) is 4.74 Å². The van der Waals surface area contributed by atoms with Crippen LogP contribution in [0.4, 0.5) is 11.5 Å². The summed E-state index contributed by atoms with van der Waals surface area (Å²) < 4.78 is 11.5. The number of nitrogens with zero attached hydrogens (tertiary/aromatic N) is 3. The molecule has 1 N–H and O–H groups in total. The third-order valence-electron chi connectivity index (χ3n) is 5.20. The van der Waals surface area contributed by atoms with Gasteiger partial charge in [-0.25, -0.2) is 9.97 Å². The summed E-state index contributed by atoms with van der Waals surface area (Å²) in [6.45, 7) is 11.4. The lowest BCUT2D eigenvalue weighted by atomic mass is 10.1. The molecule has 32 heavy (non-hydrogen) atoms. The number of aromatic nitrogens is 2. The number of morpholine rings is 1. The first-order chi connectivity index (χ1) is 15.7. The number of benzene rings is 2. The topological polar surface area (TPSA) is 59.5 Å². The van der Waals surface area contributed by atoms with Gasteiger partial charge in [0.05, 0.1) is 25.3 Å². The summed E-state index contributed by atoms with van der Waals surface area (Å²) in [4.78, 5) is 11.3. The molecule has 0 atom stereocenters. The quantitative estimate of drug-likeness (QED) is 0.428. The molecule has 1 saturated heterocycles. The Morgan fingerprint density at radius 3 is 2.75 bits per heavy atom. The van der Waals surface area contributed by atoms with Crippen molar-refractivity contribution in [2.75, 3.05) is 44.8 Å². The molecule has 0 spiro atoms. The van der Waals surface area contributed by atoms with Gasteiger partial charge in [0, 0.05) is 36.3 Å². The second-order valence-electron chi connectivity index (χ2n) is 7.36. The molecule has 2 aromatic carbocycles. The van der Waals surface area contributed by atoms with Crippen molar-refractivity contribution < 1.29 is 9.47 Å². The molecule has 3 aromatic rings. The Labute approximate surface area is 191 Å². The standard InChI is InChI=1S/C24H26N4O2.C2H6/c1-3-19-6-4-7-20(15-19)27-24-21-16-23(18(2)14-22(21)25-17-26-24)30-11-5-8-28-9-12-29-13-10-28;1-2/h1,4,6-7,14-17H,5,8-13H2,2H3,(H,25,26,27);1-2H3. The third kappa shape index (κ3) is 6.19. The van der Waals surface area contributed by atoms with Gasteiger partial charge in [-0.2, -0.15) is 0 Å². The zero-order valence-electron chi connectivity index (χ0n) is 19.2. The zero-order chi connectivity index (χ0) is 22.8. The summed E-state index contributed by atoms with van der Waals surface area (Å²) >= 11 is 0. The molecule has 0 amide bonds. The molecule has 1 aliphatic rings. The molecule has 1 aliphatic heterocycles. The van der Waals surface area contributed by atoms with Crippen LogP contribution in [0.3, 0.4) is 0 Å². The molecule has 4 rings (SSSR count). The van der Waals surface area contributed by atoms with Crippen LogP contribution in [0.5, 0.6) is 5.75 Å². The summed E-state index contributed by atoms with van der Waals surface area (Å²) in [5.74, 6) is 4.25. The molecule has 0 aliphatic carbocycles. The first-order valence-electron chi connectivity index (χ1n) is 11.2. The van der Waals surface area contributed by atoms with E-state index in [1.807, 2.05) is 57.2 Å². The van der Waals surface area contributed by atoms with Crippen LogP contribution >= 0.6 is 0 Å². The van der Waals surface area contributed by atoms with Crippen molar-refractivity contribution in [3.63, 3.8) is 0 Å². The molecule has 2 heterocycles. The van der Waals surface area contributed by atoms with Gasteiger partial charge in [0.25, 0.3) is 0 Å². The Morgan fingerprint density at radius 2 is 1.97 bits per heavy atom. The molecular formula is C26H32N4O2. The van der Waals surface area contributed by atoms with Crippen molar-refractivity contribution in [2.24, 2.45) is 0 Å². The molecule has 0 unspecified atom stereocenters. The molecular weight excluding hydrogens is 400 g/mol. The predicted molar refractivity (Wildman–Crippen MR) is 131 cm³/mol. The number of hydrogen-bond donors (Lipinski definition) is 1. The molecule has 6 heteroatoms. The highest BCUT2D eigenvalue weighted by Crippen LogP contribution is 2.30. The predicted octanol–water partition coefficient (Wildman–Crippen LogP) is 4.79. The Kier molecular flexibility index (Phi) is 8.85. The van der Waals surface area contributed by atoms with E-state index in [0.29, 0.717) is 6.61 Å². The van der Waals surface area contributed by atoms with Crippen LogP contribution in [-0.4, -0.2) is 54.3 Å². The van der Waals surface area contributed by atoms with Crippen molar-refractivity contribution in [2.45, 2.75) is 27.2 Å². The molecule has 1 aromatic heterocycles. The van der Waals surface area contributed by atoms with Crippen molar-refractivity contribution in [1.29, 1.82) is 0 Å². The van der Waals surface area contributed by atoms with Crippen molar-refractivity contribution >= 4 is 22.4 Å². The van der Waals surface area contributed by atoms with Gasteiger partial charge in [-0.1, -0.05) is 25.8 Å². The van der Waals surface area contributed by atoms with Crippen LogP contribution in [0.25, 0.3) is 10.9 Å². The van der Waals surface area contributed by atoms with E-state index in [4.69, 9.17) is 15.9 Å². The van der Waals surface area contributed by atoms with Crippen LogP contribution < -0.4 is 10.1 Å². The van der Waals surface area contributed by atoms with Gasteiger partial charge in [-0.15, -0.1) is 6.42 Å². The summed E-state index contributed by atoms with van der Waals surface area (Å²) in [7, 11) is 0. The van der Waals surface area contributed by atoms with E-state index >= 15 is 0 Å². The van der Waals surface area contributed by atoms with Crippen molar-refractivity contribution in [3.05, 3.63) is 53.9 Å². The second kappa shape index (κ2) is 12.0. The highest BCUT2D eigenvalue weighted by atomic mass is 16.5. The molecule has 0 radical (unpaired) electrons. The zero-order valence-corrected chi connectivity index (χ0v) is 19.2. The summed E-state index contributed by atoms with van der Waals surface area (Å²) in [6.07, 6.45) is 8.06. The maximum Gasteiger partial charge on any atom is 0.141 e. The van der Waals surface area contributed by atoms with E-state index in [9.17, 15) is 0 Å². The Morgan fingerprint density at radius 1 is 1.16 bits per heavy atom. The Hall–Kier alpha value is -3.14. The molecule has 6 nitrogen and oxygen atoms in total. The molecule has 0 saturated carbocycles. The summed E-state index contributed by atoms with van der Waals surface area (Å²) in [5.41, 5.74) is 3.64. The van der Waals surface area contributed by atoms with Crippen LogP contribution in [0.15, 0.2) is 42.7 Å². The summed E-state index contributed by atoms with van der Waals surface area (Å²) in [5, 5.41) is 4.27. The highest BCUT2D eigenvalue weighted by molar-refractivity contribution is 5.92. The lowest BCUT2D eigenvalue weighted by molar-refractivity contribution is 0.0358. The average molecular weight is 433 g/mol. The second-order valence-corrected chi connectivity index (χ2v) is 7.36. The molecule has 1 fully saturated rings. The van der Waals surface area contributed by atoms with Gasteiger partial charge in [0.1, 0.15) is 17.9 Å². The number of ether oxygens (including phenoxy) is 2. The van der Waals surface area contributed by atoms with Crippen LogP contribution in [0.1, 0.15) is 31.4 Å². The minimum atomic E-state index is 0.671. The number of anilines is 2. The van der Waals surface area contributed by atoms with Crippen LogP contribution in [0, 0.1) is 19.3 Å². The fraction of sp³-hybridized carbons (Fsp3) is 0.385. The van der Waals surface area contributed by atoms with Gasteiger partial charge >= 0.3 is 0 Å². The Balaban J connectivity index is 0.00000141. The maximum absolute atomic E-state index is 6.11. The molecule has 0 bridgehead atoms. The van der Waals surface area contributed by atoms with Gasteiger partial charge < -0.3 is 14.8 Å². The SMILES string of the molecule is C#Cc1cccc(Nc2ncnc3cc(C)c(OCCCN4CCOCC4)cc23)c1.CC. The lowest BCUT2D eigenvalue weighted by Gasteiger charge is -2.26. The largest absolute Gasteiger partial charge is 0.493 e. The lowest BCUT2D eigenvalue weighted by Crippen LogP contribution is -2.37. The Bertz CT molecular complexity index is 1060. The fourth-order valence-corrected chi connectivity index (χ4v) is 3.56. The van der Waals surface area contributed by atoms with Crippen molar-refractivity contribution in [3.8, 4) is 18.1 Å². The number of terminal acetylenes is 1. The minimum Gasteiger partial charge on any atom is -0.493 e. The number of rotatable bonds is 7. The number of aryl methyl sites for hydroxylation is 1. The fourth-order valence-electron chi connectivity index (χ4n) is 3.56. The first-order valence-corrected chi connectivity index (χ1v) is 11.2. The van der Waals surface area contributed by atoms with E-state index in [0.717, 1.165) is 78.6 Å². The highest BCUT2D eigenvalue weighted by Gasteiger charge is 2.11. The van der Waals surface area contributed by atoms with E-state index < -0.39 is 0 Å². The van der Waals surface area contributed by atoms with Crippen molar-refractivity contribution in [1.82, 2.24) is 14.9 Å². The monoisotopic (exact) mass is 432 g/mol. The van der Waals surface area contributed by atoms with E-state index in [1.165, 1.54) is 0 Å². The van der Waals surface area contributed by atoms with E-state index in [-0.39, 0.29) is 0 Å². The normalized spacial score (nSPS) is 13.7. The smallest absolute Gasteiger partial charge is 0.141 e. The summed E-state index contributed by atoms with van der Waals surface area (Å²) in [6, 6.07) is 11.8. The average Bonchev–Trinajstić information content (AvgIpc) is 2.84. The van der Waals surface area contributed by atoms with Crippen LogP contribution in [0.2, 0.25) is 0 Å². The van der Waals surface area contributed by atoms with E-state index in [1.54, 1.807) is 6.33 Å². The van der Waals surface area contributed by atoms with Gasteiger partial charge in [0.15, 0.2) is 0 Å². The maximum atomic E-state index is 6.11. The van der Waals surface area contributed by atoms with Gasteiger partial charge in [0.2, 0.25) is 0 Å².